The van der Waals surface area contributed by atoms with Crippen LogP contribution in [0.25, 0.3) is 0 Å². The highest BCUT2D eigenvalue weighted by molar-refractivity contribution is 5.95. The summed E-state index contributed by atoms with van der Waals surface area (Å²) >= 11 is 0. The third-order valence-corrected chi connectivity index (χ3v) is 3.06. The largest absolute Gasteiger partial charge is 0.485 e. The summed E-state index contributed by atoms with van der Waals surface area (Å²) in [4.78, 5) is 11.9. The number of hydrogen-bond donors (Lipinski definition) is 0. The maximum atomic E-state index is 11.9. The number of aryl methyl sites for hydroxylation is 2. The maximum Gasteiger partial charge on any atom is 0.216 e. The minimum Gasteiger partial charge on any atom is -0.485 e. The molecule has 0 aliphatic carbocycles. The number of ketones is 1. The molecule has 0 spiro atoms. The van der Waals surface area contributed by atoms with Crippen molar-refractivity contribution in [2.45, 2.75) is 19.8 Å². The van der Waals surface area contributed by atoms with Crippen LogP contribution in [0.3, 0.4) is 0 Å². The number of ether oxygens (including phenoxy) is 1. The summed E-state index contributed by atoms with van der Waals surface area (Å²) in [6.07, 6.45) is 4.06. The molecular formula is C16H19NO2. The van der Waals surface area contributed by atoms with Crippen molar-refractivity contribution in [1.29, 1.82) is 0 Å². The Kier molecular flexibility index (Phi) is 4.39. The SMILES string of the molecule is CCCc1ccc(OCC(=O)c2cccn2C)cc1. The van der Waals surface area contributed by atoms with E-state index in [1.54, 1.807) is 10.6 Å². The van der Waals surface area contributed by atoms with Crippen LogP contribution in [0.4, 0.5) is 0 Å². The summed E-state index contributed by atoms with van der Waals surface area (Å²) in [5, 5.41) is 0. The Morgan fingerprint density at radius 1 is 1.21 bits per heavy atom. The molecule has 1 aromatic carbocycles. The Bertz CT molecular complexity index is 540. The number of benzene rings is 1. The third kappa shape index (κ3) is 3.47. The highest BCUT2D eigenvalue weighted by atomic mass is 16.5. The second-order valence-electron chi connectivity index (χ2n) is 4.61. The van der Waals surface area contributed by atoms with Gasteiger partial charge in [0, 0.05) is 13.2 Å². The molecule has 0 atom stereocenters. The molecule has 2 aromatic rings. The van der Waals surface area contributed by atoms with Crippen LogP contribution in [0.2, 0.25) is 0 Å². The maximum absolute atomic E-state index is 11.9. The molecule has 0 saturated carbocycles. The molecule has 100 valence electrons. The van der Waals surface area contributed by atoms with Crippen LogP contribution in [0.15, 0.2) is 42.6 Å². The summed E-state index contributed by atoms with van der Waals surface area (Å²) in [7, 11) is 1.85. The highest BCUT2D eigenvalue weighted by Gasteiger charge is 2.09. The first-order valence-corrected chi connectivity index (χ1v) is 6.57. The predicted molar refractivity (Wildman–Crippen MR) is 75.7 cm³/mol. The fourth-order valence-corrected chi connectivity index (χ4v) is 2.01. The van der Waals surface area contributed by atoms with Crippen molar-refractivity contribution < 1.29 is 9.53 Å². The van der Waals surface area contributed by atoms with Gasteiger partial charge in [-0.25, -0.2) is 0 Å². The molecule has 0 aliphatic rings. The minimum absolute atomic E-state index is 0.00913. The van der Waals surface area contributed by atoms with E-state index in [4.69, 9.17) is 4.74 Å². The Labute approximate surface area is 113 Å². The predicted octanol–water partition coefficient (Wildman–Crippen LogP) is 3.24. The lowest BCUT2D eigenvalue weighted by atomic mass is 10.1. The van der Waals surface area contributed by atoms with E-state index in [2.05, 4.69) is 6.92 Å². The van der Waals surface area contributed by atoms with Gasteiger partial charge in [-0.1, -0.05) is 25.5 Å². The number of Topliss-reactive ketones (excluding diaryl/α,β-unsaturated/α-hetero) is 1. The van der Waals surface area contributed by atoms with E-state index in [1.165, 1.54) is 5.56 Å². The van der Waals surface area contributed by atoms with Gasteiger partial charge in [0.1, 0.15) is 5.75 Å². The molecule has 2 rings (SSSR count). The van der Waals surface area contributed by atoms with Gasteiger partial charge in [0.15, 0.2) is 6.61 Å². The fourth-order valence-electron chi connectivity index (χ4n) is 2.01. The van der Waals surface area contributed by atoms with Gasteiger partial charge in [-0.05, 0) is 36.2 Å². The van der Waals surface area contributed by atoms with Crippen LogP contribution in [0.5, 0.6) is 5.75 Å². The van der Waals surface area contributed by atoms with Gasteiger partial charge in [0.05, 0.1) is 5.69 Å². The second-order valence-corrected chi connectivity index (χ2v) is 4.61. The molecule has 0 amide bonds. The lowest BCUT2D eigenvalue weighted by molar-refractivity contribution is 0.0913. The molecule has 1 heterocycles. The average molecular weight is 257 g/mol. The number of hydrogen-bond acceptors (Lipinski definition) is 2. The zero-order valence-corrected chi connectivity index (χ0v) is 11.4. The van der Waals surface area contributed by atoms with E-state index >= 15 is 0 Å². The van der Waals surface area contributed by atoms with Gasteiger partial charge in [0.2, 0.25) is 5.78 Å². The summed E-state index contributed by atoms with van der Waals surface area (Å²) < 4.78 is 7.32. The minimum atomic E-state index is -0.00913. The normalized spacial score (nSPS) is 10.4. The molecule has 3 heteroatoms. The number of carbonyl (C=O) groups is 1. The van der Waals surface area contributed by atoms with Crippen molar-refractivity contribution in [2.75, 3.05) is 6.61 Å². The molecule has 0 aliphatic heterocycles. The van der Waals surface area contributed by atoms with Gasteiger partial charge < -0.3 is 9.30 Å². The molecule has 1 aromatic heterocycles. The molecule has 3 nitrogen and oxygen atoms in total. The van der Waals surface area contributed by atoms with Gasteiger partial charge in [0.25, 0.3) is 0 Å². The smallest absolute Gasteiger partial charge is 0.216 e. The Hall–Kier alpha value is -2.03. The third-order valence-electron chi connectivity index (χ3n) is 3.06. The second kappa shape index (κ2) is 6.23. The molecule has 0 N–H and O–H groups in total. The Morgan fingerprint density at radius 3 is 2.53 bits per heavy atom. The van der Waals surface area contributed by atoms with Crippen LogP contribution in [-0.4, -0.2) is 17.0 Å². The number of nitrogens with zero attached hydrogens (tertiary/aromatic N) is 1. The first-order chi connectivity index (χ1) is 9.20. The van der Waals surface area contributed by atoms with E-state index in [-0.39, 0.29) is 12.4 Å². The van der Waals surface area contributed by atoms with Gasteiger partial charge in [-0.15, -0.1) is 0 Å². The zero-order chi connectivity index (χ0) is 13.7. The zero-order valence-electron chi connectivity index (χ0n) is 11.4. The molecule has 0 bridgehead atoms. The van der Waals surface area contributed by atoms with Crippen LogP contribution < -0.4 is 4.74 Å². The topological polar surface area (TPSA) is 31.2 Å². The highest BCUT2D eigenvalue weighted by Crippen LogP contribution is 2.14. The van der Waals surface area contributed by atoms with E-state index in [9.17, 15) is 4.79 Å². The van der Waals surface area contributed by atoms with Crippen molar-refractivity contribution in [1.82, 2.24) is 4.57 Å². The van der Waals surface area contributed by atoms with Crippen molar-refractivity contribution in [3.63, 3.8) is 0 Å². The number of aromatic nitrogens is 1. The van der Waals surface area contributed by atoms with Crippen molar-refractivity contribution in [3.05, 3.63) is 53.9 Å². The molecule has 0 fully saturated rings. The first-order valence-electron chi connectivity index (χ1n) is 6.57. The molecule has 0 saturated heterocycles. The van der Waals surface area contributed by atoms with E-state index in [0.29, 0.717) is 5.69 Å². The van der Waals surface area contributed by atoms with E-state index < -0.39 is 0 Å². The van der Waals surface area contributed by atoms with E-state index in [1.807, 2.05) is 43.6 Å². The van der Waals surface area contributed by atoms with Crippen molar-refractivity contribution in [3.8, 4) is 5.75 Å². The Balaban J connectivity index is 1.92. The summed E-state index contributed by atoms with van der Waals surface area (Å²) in [6, 6.07) is 11.6. The number of rotatable bonds is 6. The lowest BCUT2D eigenvalue weighted by Crippen LogP contribution is -2.14. The molecule has 0 radical (unpaired) electrons. The van der Waals surface area contributed by atoms with Gasteiger partial charge >= 0.3 is 0 Å². The lowest BCUT2D eigenvalue weighted by Gasteiger charge is -2.07. The summed E-state index contributed by atoms with van der Waals surface area (Å²) in [5.74, 6) is 0.729. The number of carbonyl (C=O) groups excluding carboxylic acids is 1. The van der Waals surface area contributed by atoms with E-state index in [0.717, 1.165) is 18.6 Å². The van der Waals surface area contributed by atoms with Crippen LogP contribution in [-0.2, 0) is 13.5 Å². The van der Waals surface area contributed by atoms with Crippen LogP contribution >= 0.6 is 0 Å². The first kappa shape index (κ1) is 13.4. The standard InChI is InChI=1S/C16H19NO2/c1-3-5-13-7-9-14(10-8-13)19-12-16(18)15-6-4-11-17(15)2/h4,6-11H,3,5,12H2,1-2H3. The van der Waals surface area contributed by atoms with Crippen molar-refractivity contribution >= 4 is 5.78 Å². The summed E-state index contributed by atoms with van der Waals surface area (Å²) in [5.41, 5.74) is 1.96. The van der Waals surface area contributed by atoms with Crippen LogP contribution in [0, 0.1) is 0 Å². The summed E-state index contributed by atoms with van der Waals surface area (Å²) in [6.45, 7) is 2.23. The monoisotopic (exact) mass is 257 g/mol. The van der Waals surface area contributed by atoms with Gasteiger partial charge in [-0.3, -0.25) is 4.79 Å². The van der Waals surface area contributed by atoms with Crippen LogP contribution in [0.1, 0.15) is 29.4 Å². The average Bonchev–Trinajstić information content (AvgIpc) is 2.84. The van der Waals surface area contributed by atoms with Gasteiger partial charge in [-0.2, -0.15) is 0 Å². The molecule has 0 unspecified atom stereocenters. The van der Waals surface area contributed by atoms with Crippen molar-refractivity contribution in [2.24, 2.45) is 7.05 Å². The quantitative estimate of drug-likeness (QED) is 0.744. The fraction of sp³-hybridized carbons (Fsp3) is 0.312. The molecular weight excluding hydrogens is 238 g/mol. The molecule has 19 heavy (non-hydrogen) atoms. The Morgan fingerprint density at radius 2 is 1.95 bits per heavy atom.